The number of hydrogen-bond acceptors (Lipinski definition) is 3. The summed E-state index contributed by atoms with van der Waals surface area (Å²) in [6, 6.07) is 7.22. The molecular formula is C17H23N3O2. The first-order valence-electron chi connectivity index (χ1n) is 7.80. The molecule has 1 aliphatic rings. The van der Waals surface area contributed by atoms with Crippen LogP contribution in [0.4, 0.5) is 10.5 Å². The largest absolute Gasteiger partial charge is 0.326 e. The summed E-state index contributed by atoms with van der Waals surface area (Å²) in [6.45, 7) is 6.05. The quantitative estimate of drug-likeness (QED) is 0.874. The number of benzene rings is 1. The molecule has 0 aliphatic carbocycles. The zero-order chi connectivity index (χ0) is 16.2. The molecule has 0 unspecified atom stereocenters. The molecule has 5 heteroatoms. The number of nitrogens with zero attached hydrogens (tertiary/aromatic N) is 1. The Morgan fingerprint density at radius 3 is 2.36 bits per heavy atom. The predicted octanol–water partition coefficient (Wildman–Crippen LogP) is 3.45. The van der Waals surface area contributed by atoms with Crippen LogP contribution in [0.5, 0.6) is 0 Å². The molecule has 0 bridgehead atoms. The van der Waals surface area contributed by atoms with E-state index < -0.39 is 11.4 Å². The van der Waals surface area contributed by atoms with Gasteiger partial charge in [0.2, 0.25) is 5.91 Å². The summed E-state index contributed by atoms with van der Waals surface area (Å²) in [7, 11) is 0. The normalized spacial score (nSPS) is 19.0. The molecule has 1 fully saturated rings. The summed E-state index contributed by atoms with van der Waals surface area (Å²) in [5.74, 6) is 0.224. The van der Waals surface area contributed by atoms with Crippen LogP contribution in [0.2, 0.25) is 0 Å². The number of aliphatic imine (C=N–C) groups is 1. The smallest absolute Gasteiger partial charge is 0.295 e. The zero-order valence-corrected chi connectivity index (χ0v) is 13.4. The van der Waals surface area contributed by atoms with Crippen LogP contribution in [0.25, 0.3) is 0 Å². The third kappa shape index (κ3) is 3.18. The Morgan fingerprint density at radius 1 is 1.09 bits per heavy atom. The standard InChI is InChI=1S/C17H23N3O2/c1-4-9-17(10-5-2)14(19-16(22)20-15(17)21)18-13-8-6-7-12(3)11-13/h6-8,11H,4-5,9-10H2,1-3H3,(H2,18,19,20,21,22). The number of aryl methyl sites for hydroxylation is 1. The number of rotatable bonds is 5. The monoisotopic (exact) mass is 301 g/mol. The Bertz CT molecular complexity index is 602. The topological polar surface area (TPSA) is 70.6 Å². The number of nitrogens with one attached hydrogen (secondary N) is 2. The molecule has 1 aromatic carbocycles. The highest BCUT2D eigenvalue weighted by Crippen LogP contribution is 2.34. The van der Waals surface area contributed by atoms with Gasteiger partial charge in [-0.3, -0.25) is 15.4 Å². The molecule has 1 saturated heterocycles. The first-order valence-corrected chi connectivity index (χ1v) is 7.80. The van der Waals surface area contributed by atoms with E-state index in [2.05, 4.69) is 15.6 Å². The molecule has 2 N–H and O–H groups in total. The van der Waals surface area contributed by atoms with Crippen molar-refractivity contribution in [3.63, 3.8) is 0 Å². The summed E-state index contributed by atoms with van der Waals surface area (Å²) in [5, 5.41) is 5.15. The van der Waals surface area contributed by atoms with Crippen LogP contribution in [0.15, 0.2) is 29.3 Å². The molecule has 1 heterocycles. The molecule has 2 rings (SSSR count). The van der Waals surface area contributed by atoms with E-state index in [0.717, 1.165) is 24.1 Å². The van der Waals surface area contributed by atoms with Crippen molar-refractivity contribution in [1.82, 2.24) is 10.6 Å². The van der Waals surface area contributed by atoms with Crippen molar-refractivity contribution in [2.75, 3.05) is 0 Å². The molecule has 118 valence electrons. The number of imide groups is 1. The Hall–Kier alpha value is -2.17. The Balaban J connectivity index is 2.50. The summed E-state index contributed by atoms with van der Waals surface area (Å²) >= 11 is 0. The van der Waals surface area contributed by atoms with Gasteiger partial charge in [-0.05, 0) is 37.5 Å². The Kier molecular flexibility index (Phi) is 4.96. The van der Waals surface area contributed by atoms with Gasteiger partial charge >= 0.3 is 6.03 Å². The fourth-order valence-electron chi connectivity index (χ4n) is 2.99. The van der Waals surface area contributed by atoms with Crippen LogP contribution in [-0.4, -0.2) is 17.8 Å². The van der Waals surface area contributed by atoms with Crippen molar-refractivity contribution in [1.29, 1.82) is 0 Å². The minimum atomic E-state index is -0.749. The summed E-state index contributed by atoms with van der Waals surface area (Å²) in [5.41, 5.74) is 1.09. The van der Waals surface area contributed by atoms with Gasteiger partial charge in [-0.15, -0.1) is 0 Å². The van der Waals surface area contributed by atoms with E-state index in [1.54, 1.807) is 0 Å². The van der Waals surface area contributed by atoms with Gasteiger partial charge in [0.1, 0.15) is 11.3 Å². The van der Waals surface area contributed by atoms with Gasteiger partial charge in [-0.2, -0.15) is 0 Å². The molecule has 0 radical (unpaired) electrons. The lowest BCUT2D eigenvalue weighted by molar-refractivity contribution is -0.127. The minimum Gasteiger partial charge on any atom is -0.295 e. The van der Waals surface area contributed by atoms with Crippen LogP contribution in [-0.2, 0) is 4.79 Å². The summed E-state index contributed by atoms with van der Waals surface area (Å²) < 4.78 is 0. The fourth-order valence-corrected chi connectivity index (χ4v) is 2.99. The highest BCUT2D eigenvalue weighted by Gasteiger charge is 2.46. The van der Waals surface area contributed by atoms with Crippen molar-refractivity contribution in [2.45, 2.75) is 46.5 Å². The number of amides is 3. The number of urea groups is 1. The zero-order valence-electron chi connectivity index (χ0n) is 13.4. The van der Waals surface area contributed by atoms with Gasteiger partial charge in [0.25, 0.3) is 0 Å². The molecule has 1 aromatic rings. The van der Waals surface area contributed by atoms with Gasteiger partial charge in [-0.1, -0.05) is 38.8 Å². The van der Waals surface area contributed by atoms with Crippen molar-refractivity contribution in [3.05, 3.63) is 29.8 Å². The number of carbonyl (C=O) groups excluding carboxylic acids is 2. The second kappa shape index (κ2) is 6.73. The lowest BCUT2D eigenvalue weighted by Crippen LogP contribution is -2.62. The number of hydrogen-bond donors (Lipinski definition) is 2. The van der Waals surface area contributed by atoms with Crippen LogP contribution < -0.4 is 10.6 Å². The second-order valence-corrected chi connectivity index (χ2v) is 5.79. The minimum absolute atomic E-state index is 0.244. The van der Waals surface area contributed by atoms with Gasteiger partial charge < -0.3 is 0 Å². The SMILES string of the molecule is CCCC1(CCC)C(=O)NC(=O)NC1=Nc1cccc(C)c1. The van der Waals surface area contributed by atoms with Crippen molar-refractivity contribution < 1.29 is 9.59 Å². The Morgan fingerprint density at radius 2 is 1.77 bits per heavy atom. The summed E-state index contributed by atoms with van der Waals surface area (Å²) in [6.07, 6.45) is 3.02. The van der Waals surface area contributed by atoms with Crippen LogP contribution >= 0.6 is 0 Å². The maximum atomic E-state index is 12.5. The van der Waals surface area contributed by atoms with Crippen LogP contribution in [0.3, 0.4) is 0 Å². The van der Waals surface area contributed by atoms with E-state index in [-0.39, 0.29) is 5.91 Å². The highest BCUT2D eigenvalue weighted by molar-refractivity contribution is 6.21. The first kappa shape index (κ1) is 16.2. The highest BCUT2D eigenvalue weighted by atomic mass is 16.2. The first-order chi connectivity index (χ1) is 10.5. The number of carbonyl (C=O) groups is 2. The van der Waals surface area contributed by atoms with E-state index >= 15 is 0 Å². The molecule has 22 heavy (non-hydrogen) atoms. The predicted molar refractivity (Wildman–Crippen MR) is 87.2 cm³/mol. The molecule has 0 aromatic heterocycles. The van der Waals surface area contributed by atoms with Crippen molar-refractivity contribution in [3.8, 4) is 0 Å². The maximum Gasteiger partial charge on any atom is 0.326 e. The van der Waals surface area contributed by atoms with E-state index in [4.69, 9.17) is 0 Å². The molecule has 0 spiro atoms. The molecular weight excluding hydrogens is 278 g/mol. The molecule has 5 nitrogen and oxygen atoms in total. The fraction of sp³-hybridized carbons (Fsp3) is 0.471. The molecule has 3 amide bonds. The van der Waals surface area contributed by atoms with E-state index in [0.29, 0.717) is 18.7 Å². The van der Waals surface area contributed by atoms with E-state index in [1.165, 1.54) is 0 Å². The second-order valence-electron chi connectivity index (χ2n) is 5.79. The van der Waals surface area contributed by atoms with Crippen LogP contribution in [0, 0.1) is 12.3 Å². The third-order valence-corrected chi connectivity index (χ3v) is 3.94. The average molecular weight is 301 g/mol. The van der Waals surface area contributed by atoms with Gasteiger partial charge in [0, 0.05) is 0 Å². The van der Waals surface area contributed by atoms with Crippen molar-refractivity contribution >= 4 is 23.5 Å². The maximum absolute atomic E-state index is 12.5. The van der Waals surface area contributed by atoms with E-state index in [1.807, 2.05) is 45.0 Å². The molecule has 1 aliphatic heterocycles. The number of amidine groups is 1. The van der Waals surface area contributed by atoms with Gasteiger partial charge in [-0.25, -0.2) is 9.79 Å². The summed E-state index contributed by atoms with van der Waals surface area (Å²) in [4.78, 5) is 28.8. The Labute approximate surface area is 131 Å². The van der Waals surface area contributed by atoms with Gasteiger partial charge in [0.15, 0.2) is 0 Å². The third-order valence-electron chi connectivity index (χ3n) is 3.94. The van der Waals surface area contributed by atoms with Crippen LogP contribution in [0.1, 0.15) is 45.1 Å². The molecule has 0 saturated carbocycles. The van der Waals surface area contributed by atoms with Crippen molar-refractivity contribution in [2.24, 2.45) is 10.4 Å². The lowest BCUT2D eigenvalue weighted by atomic mass is 9.76. The lowest BCUT2D eigenvalue weighted by Gasteiger charge is -2.36. The van der Waals surface area contributed by atoms with E-state index in [9.17, 15) is 9.59 Å². The van der Waals surface area contributed by atoms with Gasteiger partial charge in [0.05, 0.1) is 5.69 Å². The average Bonchev–Trinajstić information content (AvgIpc) is 2.45. The molecule has 0 atom stereocenters.